The molecule has 0 radical (unpaired) electrons. The Kier molecular flexibility index (Phi) is 4.44. The van der Waals surface area contributed by atoms with Gasteiger partial charge in [-0.3, -0.25) is 9.59 Å². The van der Waals surface area contributed by atoms with E-state index in [1.54, 1.807) is 24.3 Å². The first kappa shape index (κ1) is 20.3. The van der Waals surface area contributed by atoms with Crippen LogP contribution in [0.25, 0.3) is 10.4 Å². The van der Waals surface area contributed by atoms with Crippen molar-refractivity contribution in [3.8, 4) is 17.2 Å². The molecule has 33 heavy (non-hydrogen) atoms. The highest BCUT2D eigenvalue weighted by molar-refractivity contribution is 6.02. The monoisotopic (exact) mass is 441 g/mol. The van der Waals surface area contributed by atoms with Gasteiger partial charge in [0.25, 0.3) is 0 Å². The number of fused-ring (bicyclic) bond motifs is 6. The number of aryl methyl sites for hydroxylation is 1. The third-order valence-corrected chi connectivity index (χ3v) is 5.58. The zero-order valence-electron chi connectivity index (χ0n) is 17.5. The summed E-state index contributed by atoms with van der Waals surface area (Å²) < 4.78 is 17.3. The minimum absolute atomic E-state index is 0.0715. The van der Waals surface area contributed by atoms with Crippen LogP contribution in [0.2, 0.25) is 0 Å². The van der Waals surface area contributed by atoms with E-state index < -0.39 is 23.4 Å². The van der Waals surface area contributed by atoms with E-state index in [0.717, 1.165) is 5.56 Å². The molecule has 2 aliphatic heterocycles. The van der Waals surface area contributed by atoms with Crippen LogP contribution in [0.4, 0.5) is 0 Å². The molecule has 9 heteroatoms. The number of hydrogen-bond acceptors (Lipinski definition) is 6. The van der Waals surface area contributed by atoms with Crippen LogP contribution >= 0.6 is 0 Å². The van der Waals surface area contributed by atoms with Crippen molar-refractivity contribution in [1.29, 1.82) is 0 Å². The average Bonchev–Trinajstić information content (AvgIpc) is 3.05. The molecule has 1 unspecified atom stereocenters. The van der Waals surface area contributed by atoms with Crippen molar-refractivity contribution >= 4 is 17.8 Å². The number of hydrogen-bond donors (Lipinski definition) is 0. The number of nitrogens with zero attached hydrogens (tertiary/aromatic N) is 3. The summed E-state index contributed by atoms with van der Waals surface area (Å²) in [5.74, 6) is -0.787. The van der Waals surface area contributed by atoms with E-state index in [1.807, 2.05) is 25.1 Å². The van der Waals surface area contributed by atoms with Gasteiger partial charge in [-0.2, -0.15) is 0 Å². The minimum atomic E-state index is -1.34. The molecule has 0 fully saturated rings. The molecule has 5 rings (SSSR count). The molecule has 0 aromatic heterocycles. The Morgan fingerprint density at radius 3 is 2.42 bits per heavy atom. The van der Waals surface area contributed by atoms with Crippen molar-refractivity contribution in [1.82, 2.24) is 0 Å². The second-order valence-electron chi connectivity index (χ2n) is 7.68. The number of amides is 1. The van der Waals surface area contributed by atoms with Crippen LogP contribution in [0.1, 0.15) is 49.9 Å². The number of carbonyl (C=O) groups is 3. The Labute approximate surface area is 187 Å². The Balaban J connectivity index is 1.77. The predicted molar refractivity (Wildman–Crippen MR) is 114 cm³/mol. The van der Waals surface area contributed by atoms with Gasteiger partial charge in [0.1, 0.15) is 17.2 Å². The highest BCUT2D eigenvalue weighted by Crippen LogP contribution is 2.56. The number of azide groups is 1. The molecule has 2 heterocycles. The van der Waals surface area contributed by atoms with Gasteiger partial charge in [-0.25, -0.2) is 4.79 Å². The molecular formula is C24H15N3O6. The van der Waals surface area contributed by atoms with E-state index in [-0.39, 0.29) is 16.9 Å². The molecule has 0 aliphatic carbocycles. The molecule has 9 nitrogen and oxygen atoms in total. The Bertz CT molecular complexity index is 1440. The molecule has 162 valence electrons. The maximum absolute atomic E-state index is 13.0. The Hall–Kier alpha value is -4.62. The maximum Gasteiger partial charge on any atom is 0.340 e. The van der Waals surface area contributed by atoms with Crippen molar-refractivity contribution in [3.05, 3.63) is 98.4 Å². The lowest BCUT2D eigenvalue weighted by atomic mass is 9.77. The van der Waals surface area contributed by atoms with Crippen molar-refractivity contribution in [2.75, 3.05) is 0 Å². The molecule has 0 bridgehead atoms. The van der Waals surface area contributed by atoms with Gasteiger partial charge < -0.3 is 14.2 Å². The zero-order valence-corrected chi connectivity index (χ0v) is 17.5. The van der Waals surface area contributed by atoms with Gasteiger partial charge >= 0.3 is 11.9 Å². The largest absolute Gasteiger partial charge is 0.456 e. The first-order chi connectivity index (χ1) is 15.8. The number of rotatable bonds is 2. The fourth-order valence-electron chi connectivity index (χ4n) is 4.28. The molecule has 1 spiro atoms. The second-order valence-corrected chi connectivity index (χ2v) is 7.68. The topological polar surface area (TPSA) is 128 Å². The number of esters is 2. The first-order valence-corrected chi connectivity index (χ1v) is 9.92. The van der Waals surface area contributed by atoms with Gasteiger partial charge in [-0.05, 0) is 47.4 Å². The number of benzene rings is 3. The summed E-state index contributed by atoms with van der Waals surface area (Å²) in [4.78, 5) is 39.0. The highest BCUT2D eigenvalue weighted by atomic mass is 16.6. The fourth-order valence-corrected chi connectivity index (χ4v) is 4.28. The first-order valence-electron chi connectivity index (χ1n) is 9.92. The summed E-state index contributed by atoms with van der Waals surface area (Å²) in [5, 5.41) is 3.09. The van der Waals surface area contributed by atoms with Crippen molar-refractivity contribution in [2.45, 2.75) is 19.4 Å². The maximum atomic E-state index is 13.0. The van der Waals surface area contributed by atoms with Crippen molar-refractivity contribution in [2.24, 2.45) is 5.11 Å². The molecule has 3 aromatic carbocycles. The van der Waals surface area contributed by atoms with Gasteiger partial charge in [-0.15, -0.1) is 0 Å². The van der Waals surface area contributed by atoms with E-state index in [1.165, 1.54) is 19.1 Å². The summed E-state index contributed by atoms with van der Waals surface area (Å²) in [5.41, 5.74) is 10.1. The third-order valence-electron chi connectivity index (χ3n) is 5.58. The van der Waals surface area contributed by atoms with Crippen LogP contribution in [0.15, 0.2) is 59.7 Å². The van der Waals surface area contributed by atoms with Crippen LogP contribution in [0, 0.1) is 6.92 Å². The fraction of sp³-hybridized carbons (Fsp3) is 0.125. The number of carbonyl (C=O) groups excluding carboxylic acids is 3. The van der Waals surface area contributed by atoms with Gasteiger partial charge in [0.2, 0.25) is 5.91 Å². The highest BCUT2D eigenvalue weighted by Gasteiger charge is 2.53. The van der Waals surface area contributed by atoms with Crippen molar-refractivity contribution in [3.63, 3.8) is 0 Å². The van der Waals surface area contributed by atoms with Gasteiger partial charge in [0, 0.05) is 40.2 Å². The minimum Gasteiger partial charge on any atom is -0.456 e. The van der Waals surface area contributed by atoms with Crippen LogP contribution in [0.3, 0.4) is 0 Å². The third kappa shape index (κ3) is 3.02. The molecule has 0 saturated carbocycles. The molecule has 1 amide bonds. The standard InChI is InChI=1S/C24H15N3O6/c1-12-3-6-18-20(9-12)32-21-11-15(31-13(2)28)5-8-19(21)24(18)17-7-4-14(22(29)26-27-25)10-16(17)23(30)33-24/h3-11H,1-2H3. The van der Waals surface area contributed by atoms with Crippen LogP contribution in [-0.4, -0.2) is 17.8 Å². The lowest BCUT2D eigenvalue weighted by Crippen LogP contribution is -2.33. The molecule has 1 atom stereocenters. The van der Waals surface area contributed by atoms with Crippen LogP contribution in [0.5, 0.6) is 17.2 Å². The van der Waals surface area contributed by atoms with Gasteiger partial charge in [0.05, 0.1) is 5.56 Å². The van der Waals surface area contributed by atoms with Gasteiger partial charge in [-0.1, -0.05) is 24.3 Å². The predicted octanol–water partition coefficient (Wildman–Crippen LogP) is 4.94. The van der Waals surface area contributed by atoms with Crippen molar-refractivity contribution < 1.29 is 28.6 Å². The normalized spacial score (nSPS) is 17.1. The molecule has 0 N–H and O–H groups in total. The van der Waals surface area contributed by atoms with Crippen LogP contribution < -0.4 is 9.47 Å². The lowest BCUT2D eigenvalue weighted by Gasteiger charge is -2.36. The van der Waals surface area contributed by atoms with Gasteiger partial charge in [0.15, 0.2) is 5.60 Å². The van der Waals surface area contributed by atoms with E-state index in [2.05, 4.69) is 10.0 Å². The smallest absolute Gasteiger partial charge is 0.340 e. The van der Waals surface area contributed by atoms with Crippen LogP contribution in [-0.2, 0) is 15.1 Å². The van der Waals surface area contributed by atoms with E-state index in [0.29, 0.717) is 28.2 Å². The van der Waals surface area contributed by atoms with E-state index in [9.17, 15) is 14.4 Å². The lowest BCUT2D eigenvalue weighted by molar-refractivity contribution is -0.131. The summed E-state index contributed by atoms with van der Waals surface area (Å²) in [7, 11) is 0. The molecule has 3 aromatic rings. The summed E-state index contributed by atoms with van der Waals surface area (Å²) in [6.45, 7) is 3.20. The molecule has 2 aliphatic rings. The Morgan fingerprint density at radius 1 is 1.00 bits per heavy atom. The second kappa shape index (κ2) is 7.22. The summed E-state index contributed by atoms with van der Waals surface area (Å²) in [6, 6.07) is 14.8. The molecular weight excluding hydrogens is 426 g/mol. The Morgan fingerprint density at radius 2 is 1.70 bits per heavy atom. The van der Waals surface area contributed by atoms with E-state index >= 15 is 0 Å². The summed E-state index contributed by atoms with van der Waals surface area (Å²) in [6.07, 6.45) is 0. The van der Waals surface area contributed by atoms with E-state index in [4.69, 9.17) is 19.7 Å². The zero-order chi connectivity index (χ0) is 23.3. The summed E-state index contributed by atoms with van der Waals surface area (Å²) >= 11 is 0. The quantitative estimate of drug-likeness (QED) is 0.182. The average molecular weight is 441 g/mol. The molecule has 0 saturated heterocycles. The SMILES string of the molecule is CC(=O)Oc1ccc2c(c1)Oc1cc(C)ccc1C21OC(=O)c2cc(C(=O)N=[N+]=[N-])ccc21. The number of ether oxygens (including phenoxy) is 3.